The average molecular weight is 454 g/mol. The fraction of sp³-hybridized carbons (Fsp3) is 0.250. The van der Waals surface area contributed by atoms with Crippen molar-refractivity contribution < 1.29 is 5.11 Å². The summed E-state index contributed by atoms with van der Waals surface area (Å²) >= 11 is 0. The molecule has 170 valence electrons. The summed E-state index contributed by atoms with van der Waals surface area (Å²) in [4.78, 5) is 12.5. The van der Waals surface area contributed by atoms with E-state index in [9.17, 15) is 10.4 Å². The van der Waals surface area contributed by atoms with Gasteiger partial charge in [0.25, 0.3) is 0 Å². The number of aliphatic hydroxyl groups excluding tert-OH is 1. The van der Waals surface area contributed by atoms with Crippen LogP contribution in [-0.4, -0.2) is 54.5 Å². The van der Waals surface area contributed by atoms with E-state index in [4.69, 9.17) is 0 Å². The average Bonchev–Trinajstić information content (AvgIpc) is 3.30. The minimum Gasteiger partial charge on any atom is -0.391 e. The lowest BCUT2D eigenvalue weighted by molar-refractivity contribution is 0.154. The van der Waals surface area contributed by atoms with Gasteiger partial charge in [0.2, 0.25) is 11.8 Å². The van der Waals surface area contributed by atoms with E-state index in [1.807, 2.05) is 48.5 Å². The van der Waals surface area contributed by atoms with Gasteiger partial charge in [0.1, 0.15) is 0 Å². The molecule has 2 aromatic heterocycles. The SMILES string of the molecule is Cn1nnc(-c2ccc(Nc3nccc(-c4cc(C#N)cc(N5CCCC(O)C5)c4)n3)cc2)n1. The molecule has 34 heavy (non-hydrogen) atoms. The van der Waals surface area contributed by atoms with Crippen molar-refractivity contribution in [2.75, 3.05) is 23.3 Å². The Labute approximate surface area is 196 Å². The third-order valence-corrected chi connectivity index (χ3v) is 5.67. The van der Waals surface area contributed by atoms with Gasteiger partial charge in [0.15, 0.2) is 0 Å². The summed E-state index contributed by atoms with van der Waals surface area (Å²) in [6.45, 7) is 1.41. The summed E-state index contributed by atoms with van der Waals surface area (Å²) in [5, 5.41) is 34.9. The van der Waals surface area contributed by atoms with Gasteiger partial charge in [-0.15, -0.1) is 10.2 Å². The number of anilines is 3. The Morgan fingerprint density at radius 3 is 2.71 bits per heavy atom. The number of hydrogen-bond donors (Lipinski definition) is 2. The highest BCUT2D eigenvalue weighted by Gasteiger charge is 2.19. The summed E-state index contributed by atoms with van der Waals surface area (Å²) in [5.41, 5.74) is 4.66. The number of aryl methyl sites for hydroxylation is 1. The lowest BCUT2D eigenvalue weighted by Crippen LogP contribution is -2.38. The number of aliphatic hydroxyl groups is 1. The van der Waals surface area contributed by atoms with E-state index >= 15 is 0 Å². The molecule has 3 heterocycles. The van der Waals surface area contributed by atoms with Crippen molar-refractivity contribution >= 4 is 17.3 Å². The zero-order valence-electron chi connectivity index (χ0n) is 18.6. The van der Waals surface area contributed by atoms with Crippen LogP contribution in [0.5, 0.6) is 0 Å². The Morgan fingerprint density at radius 2 is 1.97 bits per heavy atom. The maximum atomic E-state index is 10.1. The molecule has 1 aliphatic heterocycles. The maximum Gasteiger partial charge on any atom is 0.227 e. The van der Waals surface area contributed by atoms with Crippen molar-refractivity contribution in [3.05, 3.63) is 60.3 Å². The Hall–Kier alpha value is -4.36. The molecule has 10 heteroatoms. The molecule has 0 radical (unpaired) electrons. The number of aromatic nitrogens is 6. The van der Waals surface area contributed by atoms with Crippen LogP contribution in [0.15, 0.2) is 54.7 Å². The first kappa shape index (κ1) is 21.5. The van der Waals surface area contributed by atoms with Gasteiger partial charge in [-0.1, -0.05) is 0 Å². The second-order valence-electron chi connectivity index (χ2n) is 8.19. The normalized spacial score (nSPS) is 15.7. The number of nitrogens with one attached hydrogen (secondary N) is 1. The highest BCUT2D eigenvalue weighted by atomic mass is 16.3. The molecule has 4 aromatic rings. The second-order valence-corrected chi connectivity index (χ2v) is 8.19. The lowest BCUT2D eigenvalue weighted by atomic mass is 10.0. The molecule has 0 spiro atoms. The van der Waals surface area contributed by atoms with Gasteiger partial charge in [0.05, 0.1) is 30.5 Å². The number of tetrazole rings is 1. The summed E-state index contributed by atoms with van der Waals surface area (Å²) in [7, 11) is 1.72. The molecule has 2 N–H and O–H groups in total. The topological polar surface area (TPSA) is 129 Å². The van der Waals surface area contributed by atoms with Crippen LogP contribution in [-0.2, 0) is 7.05 Å². The second kappa shape index (κ2) is 9.25. The van der Waals surface area contributed by atoms with Crippen LogP contribution >= 0.6 is 0 Å². The number of nitriles is 1. The van der Waals surface area contributed by atoms with Crippen molar-refractivity contribution in [2.24, 2.45) is 7.05 Å². The van der Waals surface area contributed by atoms with E-state index in [-0.39, 0.29) is 6.10 Å². The van der Waals surface area contributed by atoms with E-state index in [0.29, 0.717) is 29.6 Å². The van der Waals surface area contributed by atoms with Crippen LogP contribution in [0, 0.1) is 11.3 Å². The largest absolute Gasteiger partial charge is 0.391 e. The zero-order chi connectivity index (χ0) is 23.5. The van der Waals surface area contributed by atoms with E-state index in [1.54, 1.807) is 13.2 Å². The molecule has 1 fully saturated rings. The van der Waals surface area contributed by atoms with Gasteiger partial charge in [-0.05, 0) is 66.6 Å². The number of rotatable bonds is 5. The lowest BCUT2D eigenvalue weighted by Gasteiger charge is -2.32. The Bertz CT molecular complexity index is 1340. The highest BCUT2D eigenvalue weighted by molar-refractivity contribution is 5.70. The molecule has 10 nitrogen and oxygen atoms in total. The summed E-state index contributed by atoms with van der Waals surface area (Å²) in [5.74, 6) is 1.00. The van der Waals surface area contributed by atoms with Crippen molar-refractivity contribution in [3.63, 3.8) is 0 Å². The Morgan fingerprint density at radius 1 is 1.12 bits per heavy atom. The summed E-state index contributed by atoms with van der Waals surface area (Å²) < 4.78 is 0. The van der Waals surface area contributed by atoms with E-state index < -0.39 is 0 Å². The Kier molecular flexibility index (Phi) is 5.84. The van der Waals surface area contributed by atoms with Gasteiger partial charge in [-0.2, -0.15) is 10.1 Å². The quantitative estimate of drug-likeness (QED) is 0.468. The van der Waals surface area contributed by atoms with Crippen LogP contribution < -0.4 is 10.2 Å². The molecule has 2 aromatic carbocycles. The van der Waals surface area contributed by atoms with Gasteiger partial charge >= 0.3 is 0 Å². The van der Waals surface area contributed by atoms with E-state index in [0.717, 1.165) is 41.9 Å². The molecule has 5 rings (SSSR count). The van der Waals surface area contributed by atoms with E-state index in [2.05, 4.69) is 41.7 Å². The molecule has 0 amide bonds. The summed E-state index contributed by atoms with van der Waals surface area (Å²) in [6, 6.07) is 17.3. The fourth-order valence-corrected chi connectivity index (χ4v) is 4.01. The Balaban J connectivity index is 1.38. The highest BCUT2D eigenvalue weighted by Crippen LogP contribution is 2.28. The van der Waals surface area contributed by atoms with Crippen molar-refractivity contribution in [1.29, 1.82) is 5.26 Å². The van der Waals surface area contributed by atoms with Gasteiger partial charge in [-0.3, -0.25) is 0 Å². The van der Waals surface area contributed by atoms with Crippen LogP contribution in [0.25, 0.3) is 22.6 Å². The number of piperidine rings is 1. The van der Waals surface area contributed by atoms with Crippen molar-refractivity contribution in [1.82, 2.24) is 30.2 Å². The van der Waals surface area contributed by atoms with Crippen LogP contribution in [0.2, 0.25) is 0 Å². The minimum atomic E-state index is -0.353. The first-order valence-corrected chi connectivity index (χ1v) is 11.0. The molecule has 0 saturated carbocycles. The van der Waals surface area contributed by atoms with Crippen molar-refractivity contribution in [2.45, 2.75) is 18.9 Å². The van der Waals surface area contributed by atoms with Crippen LogP contribution in [0.3, 0.4) is 0 Å². The number of hydrogen-bond acceptors (Lipinski definition) is 9. The number of β-amino-alcohol motifs (C(OH)–C–C–N with tert-alkyl or cyclic N) is 1. The monoisotopic (exact) mass is 453 g/mol. The smallest absolute Gasteiger partial charge is 0.227 e. The number of nitrogens with zero attached hydrogens (tertiary/aromatic N) is 8. The molecule has 1 atom stereocenters. The van der Waals surface area contributed by atoms with Gasteiger partial charge < -0.3 is 15.3 Å². The molecule has 1 saturated heterocycles. The predicted molar refractivity (Wildman–Crippen MR) is 127 cm³/mol. The van der Waals surface area contributed by atoms with Gasteiger partial charge in [-0.25, -0.2) is 9.97 Å². The molecule has 0 bridgehead atoms. The molecular formula is C24H23N9O. The van der Waals surface area contributed by atoms with Crippen LogP contribution in [0.4, 0.5) is 17.3 Å². The van der Waals surface area contributed by atoms with E-state index in [1.165, 1.54) is 4.80 Å². The van der Waals surface area contributed by atoms with Crippen molar-refractivity contribution in [3.8, 4) is 28.7 Å². The first-order valence-electron chi connectivity index (χ1n) is 11.0. The standard InChI is InChI=1S/C24H23N9O/c1-32-30-23(29-31-32)17-4-6-19(7-5-17)27-24-26-9-8-22(28-24)18-11-16(14-25)12-20(13-18)33-10-2-3-21(34)15-33/h4-9,11-13,21,34H,2-3,10,15H2,1H3,(H,26,27,28). The zero-order valence-corrected chi connectivity index (χ0v) is 18.6. The first-order chi connectivity index (χ1) is 16.6. The molecule has 1 aliphatic rings. The van der Waals surface area contributed by atoms with Crippen LogP contribution in [0.1, 0.15) is 18.4 Å². The molecule has 1 unspecified atom stereocenters. The maximum absolute atomic E-state index is 10.1. The fourth-order valence-electron chi connectivity index (χ4n) is 4.01. The molecular weight excluding hydrogens is 430 g/mol. The summed E-state index contributed by atoms with van der Waals surface area (Å²) in [6.07, 6.45) is 3.05. The number of benzene rings is 2. The third-order valence-electron chi connectivity index (χ3n) is 5.67. The third kappa shape index (κ3) is 4.69. The minimum absolute atomic E-state index is 0.353. The predicted octanol–water partition coefficient (Wildman–Crippen LogP) is 2.91. The molecule has 0 aliphatic carbocycles. The van der Waals surface area contributed by atoms with Gasteiger partial charge in [0, 0.05) is 41.8 Å².